The standard InChI is InChI=1S/C20H20N4O2/c1-11-17-15(19(26)22-20-8-2-3-13(20)10-20)9-16(21-18(17)24-23-11)12-4-6-14(25)7-5-12/h4-7,9,13,25H,2-3,8,10H2,1H3,(H,22,26)(H,21,23,24)/t13?,20-/m0/s1. The van der Waals surface area contributed by atoms with Crippen LogP contribution in [0.1, 0.15) is 41.7 Å². The monoisotopic (exact) mass is 348 g/mol. The van der Waals surface area contributed by atoms with Crippen LogP contribution in [0.15, 0.2) is 30.3 Å². The number of hydrogen-bond acceptors (Lipinski definition) is 4. The highest BCUT2D eigenvalue weighted by atomic mass is 16.3. The van der Waals surface area contributed by atoms with E-state index in [1.54, 1.807) is 24.3 Å². The van der Waals surface area contributed by atoms with Crippen LogP contribution in [0.5, 0.6) is 5.75 Å². The number of benzene rings is 1. The van der Waals surface area contributed by atoms with Crippen molar-refractivity contribution < 1.29 is 9.90 Å². The molecule has 5 rings (SSSR count). The summed E-state index contributed by atoms with van der Waals surface area (Å²) in [5, 5.41) is 20.8. The van der Waals surface area contributed by atoms with Crippen LogP contribution >= 0.6 is 0 Å². The molecule has 3 aromatic rings. The molecule has 2 fully saturated rings. The molecule has 0 bridgehead atoms. The molecule has 2 aliphatic carbocycles. The Morgan fingerprint density at radius 3 is 2.85 bits per heavy atom. The highest BCUT2D eigenvalue weighted by Gasteiger charge is 2.57. The Balaban J connectivity index is 1.59. The molecular weight excluding hydrogens is 328 g/mol. The molecule has 2 atom stereocenters. The molecule has 1 amide bonds. The smallest absolute Gasteiger partial charge is 0.252 e. The van der Waals surface area contributed by atoms with Crippen LogP contribution in [0, 0.1) is 12.8 Å². The molecule has 0 spiro atoms. The zero-order valence-corrected chi connectivity index (χ0v) is 14.5. The number of H-pyrrole nitrogens is 1. The fraction of sp³-hybridized carbons (Fsp3) is 0.350. The van der Waals surface area contributed by atoms with Crippen molar-refractivity contribution in [3.05, 3.63) is 41.6 Å². The van der Waals surface area contributed by atoms with Crippen LogP contribution in [0.2, 0.25) is 0 Å². The molecule has 26 heavy (non-hydrogen) atoms. The molecule has 132 valence electrons. The van der Waals surface area contributed by atoms with Crippen LogP contribution in [0.4, 0.5) is 0 Å². The molecule has 0 saturated heterocycles. The van der Waals surface area contributed by atoms with E-state index in [1.165, 1.54) is 12.8 Å². The summed E-state index contributed by atoms with van der Waals surface area (Å²) in [6, 6.07) is 8.64. The molecule has 2 heterocycles. The Labute approximate surface area is 150 Å². The zero-order valence-electron chi connectivity index (χ0n) is 14.5. The average molecular weight is 348 g/mol. The van der Waals surface area contributed by atoms with Crippen molar-refractivity contribution in [3.8, 4) is 17.0 Å². The minimum Gasteiger partial charge on any atom is -0.508 e. The molecule has 0 aliphatic heterocycles. The van der Waals surface area contributed by atoms with Crippen LogP contribution in [-0.4, -0.2) is 31.7 Å². The van der Waals surface area contributed by atoms with Crippen molar-refractivity contribution in [1.29, 1.82) is 0 Å². The Bertz CT molecular complexity index is 1020. The number of phenols is 1. The fourth-order valence-corrected chi connectivity index (χ4v) is 4.37. The number of phenolic OH excluding ortho intramolecular Hbond substituents is 1. The van der Waals surface area contributed by atoms with Crippen LogP contribution in [0.25, 0.3) is 22.3 Å². The van der Waals surface area contributed by atoms with Crippen molar-refractivity contribution in [2.45, 2.75) is 38.1 Å². The first-order valence-electron chi connectivity index (χ1n) is 9.03. The second-order valence-electron chi connectivity index (χ2n) is 7.55. The van der Waals surface area contributed by atoms with Gasteiger partial charge < -0.3 is 10.4 Å². The molecule has 2 saturated carbocycles. The number of rotatable bonds is 3. The number of hydrogen-bond donors (Lipinski definition) is 3. The molecule has 6 nitrogen and oxygen atoms in total. The van der Waals surface area contributed by atoms with E-state index in [-0.39, 0.29) is 17.2 Å². The molecule has 1 unspecified atom stereocenters. The third-order valence-electron chi connectivity index (χ3n) is 5.88. The Kier molecular flexibility index (Phi) is 3.13. The fourth-order valence-electron chi connectivity index (χ4n) is 4.37. The summed E-state index contributed by atoms with van der Waals surface area (Å²) < 4.78 is 0. The van der Waals surface area contributed by atoms with Gasteiger partial charge in [-0.05, 0) is 62.4 Å². The largest absolute Gasteiger partial charge is 0.508 e. The summed E-state index contributed by atoms with van der Waals surface area (Å²) in [5.41, 5.74) is 3.51. The second kappa shape index (κ2) is 5.30. The van der Waals surface area contributed by atoms with Gasteiger partial charge in [0.1, 0.15) is 5.75 Å². The number of carbonyl (C=O) groups is 1. The third kappa shape index (κ3) is 2.29. The predicted molar refractivity (Wildman–Crippen MR) is 97.9 cm³/mol. The van der Waals surface area contributed by atoms with Gasteiger partial charge in [0.15, 0.2) is 5.65 Å². The van der Waals surface area contributed by atoms with E-state index in [1.807, 2.05) is 13.0 Å². The van der Waals surface area contributed by atoms with Crippen molar-refractivity contribution in [1.82, 2.24) is 20.5 Å². The number of aryl methyl sites for hydroxylation is 1. The number of aromatic hydroxyl groups is 1. The van der Waals surface area contributed by atoms with Gasteiger partial charge in [0, 0.05) is 16.8 Å². The summed E-state index contributed by atoms with van der Waals surface area (Å²) in [6.45, 7) is 1.90. The van der Waals surface area contributed by atoms with Gasteiger partial charge in [-0.1, -0.05) is 6.42 Å². The van der Waals surface area contributed by atoms with Crippen molar-refractivity contribution in [2.75, 3.05) is 0 Å². The zero-order chi connectivity index (χ0) is 17.9. The first-order chi connectivity index (χ1) is 12.6. The van der Waals surface area contributed by atoms with Crippen molar-refractivity contribution in [3.63, 3.8) is 0 Å². The Morgan fingerprint density at radius 2 is 2.15 bits per heavy atom. The summed E-state index contributed by atoms with van der Waals surface area (Å²) in [6.07, 6.45) is 4.59. The Hall–Kier alpha value is -2.89. The lowest BCUT2D eigenvalue weighted by Gasteiger charge is -2.16. The van der Waals surface area contributed by atoms with Crippen molar-refractivity contribution in [2.24, 2.45) is 5.92 Å². The van der Waals surface area contributed by atoms with Gasteiger partial charge in [0.2, 0.25) is 0 Å². The van der Waals surface area contributed by atoms with Gasteiger partial charge in [0.05, 0.1) is 16.6 Å². The first-order valence-corrected chi connectivity index (χ1v) is 9.03. The van der Waals surface area contributed by atoms with E-state index in [0.717, 1.165) is 29.5 Å². The van der Waals surface area contributed by atoms with Gasteiger partial charge >= 0.3 is 0 Å². The summed E-state index contributed by atoms with van der Waals surface area (Å²) in [5.74, 6) is 0.792. The van der Waals surface area contributed by atoms with E-state index >= 15 is 0 Å². The highest BCUT2D eigenvalue weighted by molar-refractivity contribution is 6.07. The number of nitrogens with one attached hydrogen (secondary N) is 2. The maximum Gasteiger partial charge on any atom is 0.252 e. The molecule has 6 heteroatoms. The summed E-state index contributed by atoms with van der Waals surface area (Å²) in [7, 11) is 0. The lowest BCUT2D eigenvalue weighted by atomic mass is 10.0. The molecule has 1 aromatic carbocycles. The third-order valence-corrected chi connectivity index (χ3v) is 5.88. The maximum absolute atomic E-state index is 13.1. The maximum atomic E-state index is 13.1. The Morgan fingerprint density at radius 1 is 1.35 bits per heavy atom. The summed E-state index contributed by atoms with van der Waals surface area (Å²) >= 11 is 0. The number of amides is 1. The number of nitrogens with zero attached hydrogens (tertiary/aromatic N) is 2. The minimum absolute atomic E-state index is 0.0169. The first kappa shape index (κ1) is 15.4. The predicted octanol–water partition coefficient (Wildman–Crippen LogP) is 3.31. The molecule has 3 N–H and O–H groups in total. The minimum atomic E-state index is -0.0497. The second-order valence-corrected chi connectivity index (χ2v) is 7.55. The van der Waals surface area contributed by atoms with Crippen LogP contribution in [-0.2, 0) is 0 Å². The normalized spacial score (nSPS) is 23.8. The summed E-state index contributed by atoms with van der Waals surface area (Å²) in [4.78, 5) is 17.7. The molecular formula is C20H20N4O2. The number of pyridine rings is 1. The number of aromatic nitrogens is 3. The quantitative estimate of drug-likeness (QED) is 0.677. The SMILES string of the molecule is Cc1[nH]nc2nc(-c3ccc(O)cc3)cc(C(=O)N[C@]34CCCC3C4)c12. The van der Waals surface area contributed by atoms with E-state index in [9.17, 15) is 9.90 Å². The van der Waals surface area contributed by atoms with Gasteiger partial charge in [-0.15, -0.1) is 0 Å². The molecule has 2 aromatic heterocycles. The highest BCUT2D eigenvalue weighted by Crippen LogP contribution is 2.55. The molecule has 0 radical (unpaired) electrons. The number of carbonyl (C=O) groups excluding carboxylic acids is 1. The van der Waals surface area contributed by atoms with E-state index in [2.05, 4.69) is 20.5 Å². The van der Waals surface area contributed by atoms with Crippen LogP contribution in [0.3, 0.4) is 0 Å². The van der Waals surface area contributed by atoms with Crippen LogP contribution < -0.4 is 5.32 Å². The van der Waals surface area contributed by atoms with Gasteiger partial charge in [-0.25, -0.2) is 4.98 Å². The topological polar surface area (TPSA) is 90.9 Å². The average Bonchev–Trinajstić information content (AvgIpc) is 2.96. The van der Waals surface area contributed by atoms with E-state index < -0.39 is 0 Å². The van der Waals surface area contributed by atoms with E-state index in [4.69, 9.17) is 0 Å². The van der Waals surface area contributed by atoms with E-state index in [0.29, 0.717) is 22.8 Å². The van der Waals surface area contributed by atoms with Gasteiger partial charge in [-0.3, -0.25) is 9.89 Å². The molecule has 2 aliphatic rings. The lowest BCUT2D eigenvalue weighted by Crippen LogP contribution is -2.37. The number of fused-ring (bicyclic) bond motifs is 2. The van der Waals surface area contributed by atoms with Gasteiger partial charge in [-0.2, -0.15) is 5.10 Å². The van der Waals surface area contributed by atoms with Gasteiger partial charge in [0.25, 0.3) is 5.91 Å². The number of aromatic amines is 1. The van der Waals surface area contributed by atoms with Crippen molar-refractivity contribution >= 4 is 16.9 Å². The lowest BCUT2D eigenvalue weighted by molar-refractivity contribution is 0.0931.